The number of hydrogen-bond acceptors (Lipinski definition) is 4. The molecule has 24 heavy (non-hydrogen) atoms. The normalized spacial score (nSPS) is 11.1. The number of phenols is 1. The summed E-state index contributed by atoms with van der Waals surface area (Å²) in [6.07, 6.45) is 3.77. The van der Waals surface area contributed by atoms with Crippen LogP contribution in [0.2, 0.25) is 0 Å². The van der Waals surface area contributed by atoms with Crippen molar-refractivity contribution in [1.29, 1.82) is 0 Å². The zero-order valence-corrected chi connectivity index (χ0v) is 14.9. The fourth-order valence-corrected chi connectivity index (χ4v) is 2.95. The third-order valence-corrected chi connectivity index (χ3v) is 4.08. The van der Waals surface area contributed by atoms with Crippen LogP contribution in [-0.4, -0.2) is 24.3 Å². The maximum atomic E-state index is 9.94. The molecule has 1 N–H and O–H groups in total. The van der Waals surface area contributed by atoms with Gasteiger partial charge in [-0.25, -0.2) is 4.98 Å². The molecule has 0 fully saturated rings. The van der Waals surface area contributed by atoms with Gasteiger partial charge in [-0.2, -0.15) is 0 Å². The van der Waals surface area contributed by atoms with Gasteiger partial charge in [-0.15, -0.1) is 0 Å². The fourth-order valence-electron chi connectivity index (χ4n) is 2.50. The monoisotopic (exact) mass is 385 g/mol. The minimum Gasteiger partial charge on any atom is -0.506 e. The molecule has 0 aliphatic rings. The van der Waals surface area contributed by atoms with E-state index >= 15 is 0 Å². The molecule has 0 bridgehead atoms. The van der Waals surface area contributed by atoms with Gasteiger partial charge in [0.15, 0.2) is 11.5 Å². The maximum Gasteiger partial charge on any atom is 0.167 e. The zero-order chi connectivity index (χ0) is 17.1. The average Bonchev–Trinajstić information content (AvgIpc) is 2.59. The van der Waals surface area contributed by atoms with Gasteiger partial charge in [-0.3, -0.25) is 0 Å². The largest absolute Gasteiger partial charge is 0.506 e. The van der Waals surface area contributed by atoms with E-state index in [1.54, 1.807) is 26.4 Å². The van der Waals surface area contributed by atoms with Gasteiger partial charge in [0.25, 0.3) is 0 Å². The van der Waals surface area contributed by atoms with Crippen LogP contribution in [0.5, 0.6) is 17.2 Å². The van der Waals surface area contributed by atoms with Crippen molar-refractivity contribution in [1.82, 2.24) is 4.98 Å². The van der Waals surface area contributed by atoms with Crippen LogP contribution in [0.15, 0.2) is 46.9 Å². The molecular formula is C19H16BrNO3. The van der Waals surface area contributed by atoms with E-state index in [1.807, 2.05) is 42.5 Å². The molecule has 1 aromatic heterocycles. The van der Waals surface area contributed by atoms with Crippen molar-refractivity contribution in [2.24, 2.45) is 0 Å². The first-order valence-corrected chi connectivity index (χ1v) is 8.10. The van der Waals surface area contributed by atoms with Gasteiger partial charge in [-0.1, -0.05) is 34.1 Å². The Balaban J connectivity index is 2.02. The average molecular weight is 386 g/mol. The number of nitrogens with zero attached hydrogens (tertiary/aromatic N) is 1. The van der Waals surface area contributed by atoms with E-state index in [0.717, 1.165) is 21.1 Å². The van der Waals surface area contributed by atoms with Crippen LogP contribution >= 0.6 is 15.9 Å². The molecule has 3 aromatic rings. The number of benzene rings is 2. The van der Waals surface area contributed by atoms with Crippen LogP contribution in [0, 0.1) is 0 Å². The quantitative estimate of drug-likeness (QED) is 0.694. The molecule has 0 aliphatic heterocycles. The van der Waals surface area contributed by atoms with Crippen molar-refractivity contribution < 1.29 is 14.6 Å². The van der Waals surface area contributed by atoms with Gasteiger partial charge in [0.2, 0.25) is 0 Å². The Labute approximate surface area is 148 Å². The number of fused-ring (bicyclic) bond motifs is 1. The van der Waals surface area contributed by atoms with E-state index in [1.165, 1.54) is 0 Å². The number of aromatic nitrogens is 1. The van der Waals surface area contributed by atoms with Crippen LogP contribution in [-0.2, 0) is 0 Å². The Morgan fingerprint density at radius 3 is 2.62 bits per heavy atom. The maximum absolute atomic E-state index is 9.94. The molecule has 0 saturated carbocycles. The second-order valence-corrected chi connectivity index (χ2v) is 6.06. The lowest BCUT2D eigenvalue weighted by Gasteiger charge is -2.11. The summed E-state index contributed by atoms with van der Waals surface area (Å²) in [5.74, 6) is 1.47. The van der Waals surface area contributed by atoms with Crippen molar-refractivity contribution in [3.63, 3.8) is 0 Å². The molecule has 5 heteroatoms. The Hall–Kier alpha value is -2.53. The fraction of sp³-hybridized carbons (Fsp3) is 0.105. The van der Waals surface area contributed by atoms with Gasteiger partial charge in [-0.05, 0) is 36.4 Å². The highest BCUT2D eigenvalue weighted by atomic mass is 79.9. The number of phenolic OH excluding ortho intramolecular Hbond substituents is 1. The number of hydrogen-bond donors (Lipinski definition) is 1. The summed E-state index contributed by atoms with van der Waals surface area (Å²) >= 11 is 3.47. The predicted molar refractivity (Wildman–Crippen MR) is 99.6 cm³/mol. The van der Waals surface area contributed by atoms with Crippen molar-refractivity contribution in [3.8, 4) is 17.2 Å². The molecule has 2 aromatic carbocycles. The minimum absolute atomic E-state index is 0.171. The molecular weight excluding hydrogens is 370 g/mol. The topological polar surface area (TPSA) is 51.6 Å². The van der Waals surface area contributed by atoms with E-state index in [9.17, 15) is 5.11 Å². The second kappa shape index (κ2) is 6.93. The number of ether oxygens (including phenoxy) is 2. The molecule has 0 spiro atoms. The minimum atomic E-state index is 0.171. The summed E-state index contributed by atoms with van der Waals surface area (Å²) < 4.78 is 11.7. The summed E-state index contributed by atoms with van der Waals surface area (Å²) in [5.41, 5.74) is 2.19. The van der Waals surface area contributed by atoms with Crippen molar-refractivity contribution in [2.45, 2.75) is 0 Å². The van der Waals surface area contributed by atoms with E-state index < -0.39 is 0 Å². The highest BCUT2D eigenvalue weighted by Gasteiger charge is 2.09. The highest BCUT2D eigenvalue weighted by molar-refractivity contribution is 9.10. The van der Waals surface area contributed by atoms with Gasteiger partial charge >= 0.3 is 0 Å². The SMILES string of the molecule is COc1cc(Br)cc(C=Cc2ccc3cccc(O)c3n2)c1OC. The molecule has 3 rings (SSSR count). The predicted octanol–water partition coefficient (Wildman–Crippen LogP) is 4.89. The summed E-state index contributed by atoms with van der Waals surface area (Å²) in [7, 11) is 3.21. The van der Waals surface area contributed by atoms with Gasteiger partial charge in [0.1, 0.15) is 11.3 Å². The molecule has 0 saturated heterocycles. The van der Waals surface area contributed by atoms with E-state index in [0.29, 0.717) is 17.0 Å². The number of halogens is 1. The molecule has 1 heterocycles. The molecule has 0 aliphatic carbocycles. The van der Waals surface area contributed by atoms with Crippen LogP contribution in [0.1, 0.15) is 11.3 Å². The van der Waals surface area contributed by atoms with Crippen molar-refractivity contribution in [2.75, 3.05) is 14.2 Å². The number of aromatic hydroxyl groups is 1. The first kappa shape index (κ1) is 16.3. The molecule has 0 atom stereocenters. The van der Waals surface area contributed by atoms with Gasteiger partial charge in [0.05, 0.1) is 19.9 Å². The third-order valence-electron chi connectivity index (χ3n) is 3.63. The molecule has 4 nitrogen and oxygen atoms in total. The molecule has 0 amide bonds. The first-order chi connectivity index (χ1) is 11.6. The highest BCUT2D eigenvalue weighted by Crippen LogP contribution is 2.35. The third kappa shape index (κ3) is 3.21. The number of rotatable bonds is 4. The van der Waals surface area contributed by atoms with Crippen LogP contribution in [0.3, 0.4) is 0 Å². The Morgan fingerprint density at radius 1 is 1.04 bits per heavy atom. The van der Waals surface area contributed by atoms with E-state index in [2.05, 4.69) is 20.9 Å². The van der Waals surface area contributed by atoms with Crippen LogP contribution < -0.4 is 9.47 Å². The number of pyridine rings is 1. The summed E-state index contributed by atoms with van der Waals surface area (Å²) in [5, 5.41) is 10.8. The lowest BCUT2D eigenvalue weighted by molar-refractivity contribution is 0.354. The van der Waals surface area contributed by atoms with Gasteiger partial charge < -0.3 is 14.6 Å². The summed E-state index contributed by atoms with van der Waals surface area (Å²) in [6.45, 7) is 0. The standard InChI is InChI=1S/C19H16BrNO3/c1-23-17-11-14(20)10-13(19(17)24-2)7-9-15-8-6-12-4-3-5-16(22)18(12)21-15/h3-11,22H,1-2H3. The summed E-state index contributed by atoms with van der Waals surface area (Å²) in [6, 6.07) is 13.0. The Bertz CT molecular complexity index is 922. The number of para-hydroxylation sites is 1. The van der Waals surface area contributed by atoms with Crippen molar-refractivity contribution >= 4 is 39.0 Å². The van der Waals surface area contributed by atoms with Crippen LogP contribution in [0.25, 0.3) is 23.1 Å². The van der Waals surface area contributed by atoms with Gasteiger partial charge in [0, 0.05) is 15.4 Å². The van der Waals surface area contributed by atoms with E-state index in [-0.39, 0.29) is 5.75 Å². The lowest BCUT2D eigenvalue weighted by atomic mass is 10.1. The zero-order valence-electron chi connectivity index (χ0n) is 13.3. The second-order valence-electron chi connectivity index (χ2n) is 5.15. The lowest BCUT2D eigenvalue weighted by Crippen LogP contribution is -1.93. The van der Waals surface area contributed by atoms with Crippen molar-refractivity contribution in [3.05, 3.63) is 58.2 Å². The first-order valence-electron chi connectivity index (χ1n) is 7.30. The number of methoxy groups -OCH3 is 2. The van der Waals surface area contributed by atoms with Crippen LogP contribution in [0.4, 0.5) is 0 Å². The Kier molecular flexibility index (Phi) is 4.71. The molecule has 0 unspecified atom stereocenters. The summed E-state index contributed by atoms with van der Waals surface area (Å²) in [4.78, 5) is 4.49. The van der Waals surface area contributed by atoms with E-state index in [4.69, 9.17) is 9.47 Å². The molecule has 0 radical (unpaired) electrons. The smallest absolute Gasteiger partial charge is 0.167 e. The molecule has 122 valence electrons. The Morgan fingerprint density at radius 2 is 1.88 bits per heavy atom.